The number of esters is 2. The Morgan fingerprint density at radius 1 is 1.00 bits per heavy atom. The molecule has 0 spiro atoms. The van der Waals surface area contributed by atoms with E-state index < -0.39 is 11.9 Å². The molecule has 0 bridgehead atoms. The van der Waals surface area contributed by atoms with Crippen LogP contribution in [0.25, 0.3) is 0 Å². The molecule has 0 heterocycles. The van der Waals surface area contributed by atoms with E-state index in [4.69, 9.17) is 9.47 Å². The first-order chi connectivity index (χ1) is 11.1. The average molecular weight is 314 g/mol. The van der Waals surface area contributed by atoms with Crippen molar-refractivity contribution < 1.29 is 23.8 Å². The van der Waals surface area contributed by atoms with Crippen LogP contribution in [-0.2, 0) is 20.9 Å². The predicted octanol–water partition coefficient (Wildman–Crippen LogP) is 2.90. The first-order valence-electron chi connectivity index (χ1n) is 7.11. The Morgan fingerprint density at radius 3 is 2.35 bits per heavy atom. The van der Waals surface area contributed by atoms with Gasteiger partial charge in [-0.25, -0.2) is 9.59 Å². The van der Waals surface area contributed by atoms with Gasteiger partial charge in [0.2, 0.25) is 0 Å². The molecule has 0 fully saturated rings. The topological polar surface area (TPSA) is 61.8 Å². The van der Waals surface area contributed by atoms with Crippen LogP contribution >= 0.6 is 0 Å². The maximum atomic E-state index is 11.7. The quantitative estimate of drug-likeness (QED) is 0.767. The van der Waals surface area contributed by atoms with E-state index in [1.165, 1.54) is 7.11 Å². The molecule has 0 aliphatic heterocycles. The van der Waals surface area contributed by atoms with Gasteiger partial charge in [-0.2, -0.15) is 0 Å². The first kappa shape index (κ1) is 16.5. The molecular weight excluding hydrogens is 296 g/mol. The van der Waals surface area contributed by atoms with E-state index in [1.54, 1.807) is 30.3 Å². The Hall–Kier alpha value is -2.82. The van der Waals surface area contributed by atoms with Crippen LogP contribution in [0, 0.1) is 6.92 Å². The van der Waals surface area contributed by atoms with Crippen molar-refractivity contribution >= 4 is 11.9 Å². The number of carbonyl (C=O) groups excluding carboxylic acids is 2. The number of benzene rings is 2. The molecule has 0 N–H and O–H groups in total. The Morgan fingerprint density at radius 2 is 1.70 bits per heavy atom. The molecule has 120 valence electrons. The standard InChI is InChI=1S/C18H18O5/c1-13-5-3-4-6-16(13)22-12-17(19)23-11-14-7-9-15(10-8-14)18(20)21-2/h3-10H,11-12H2,1-2H3. The third kappa shape index (κ3) is 4.85. The van der Waals surface area contributed by atoms with Crippen LogP contribution in [0.2, 0.25) is 0 Å². The molecule has 0 amide bonds. The predicted molar refractivity (Wildman–Crippen MR) is 84.3 cm³/mol. The van der Waals surface area contributed by atoms with Crippen LogP contribution in [-0.4, -0.2) is 25.7 Å². The zero-order chi connectivity index (χ0) is 16.7. The number of methoxy groups -OCH3 is 1. The lowest BCUT2D eigenvalue weighted by Crippen LogP contribution is -2.15. The Balaban J connectivity index is 1.80. The van der Waals surface area contributed by atoms with Crippen molar-refractivity contribution in [3.63, 3.8) is 0 Å². The molecule has 0 saturated carbocycles. The highest BCUT2D eigenvalue weighted by atomic mass is 16.6. The maximum Gasteiger partial charge on any atom is 0.344 e. The molecule has 5 heteroatoms. The fourth-order valence-corrected chi connectivity index (χ4v) is 1.92. The van der Waals surface area contributed by atoms with Crippen molar-refractivity contribution in [3.8, 4) is 5.75 Å². The fourth-order valence-electron chi connectivity index (χ4n) is 1.92. The second-order valence-electron chi connectivity index (χ2n) is 4.90. The zero-order valence-corrected chi connectivity index (χ0v) is 13.1. The molecule has 2 aromatic carbocycles. The SMILES string of the molecule is COC(=O)c1ccc(COC(=O)COc2ccccc2C)cc1. The summed E-state index contributed by atoms with van der Waals surface area (Å²) in [4.78, 5) is 23.0. The molecular formula is C18H18O5. The number of rotatable bonds is 6. The van der Waals surface area contributed by atoms with Crippen LogP contribution in [0.3, 0.4) is 0 Å². The van der Waals surface area contributed by atoms with E-state index in [0.717, 1.165) is 11.1 Å². The van der Waals surface area contributed by atoms with E-state index in [2.05, 4.69) is 4.74 Å². The number of hydrogen-bond acceptors (Lipinski definition) is 5. The first-order valence-corrected chi connectivity index (χ1v) is 7.11. The fraction of sp³-hybridized carbons (Fsp3) is 0.222. The van der Waals surface area contributed by atoms with Crippen LogP contribution < -0.4 is 4.74 Å². The molecule has 0 aliphatic carbocycles. The van der Waals surface area contributed by atoms with Crippen molar-refractivity contribution in [2.24, 2.45) is 0 Å². The molecule has 0 aliphatic rings. The third-order valence-electron chi connectivity index (χ3n) is 3.21. The summed E-state index contributed by atoms with van der Waals surface area (Å²) in [5.41, 5.74) is 2.19. The molecule has 0 radical (unpaired) electrons. The Kier molecular flexibility index (Phi) is 5.74. The van der Waals surface area contributed by atoms with E-state index in [-0.39, 0.29) is 13.2 Å². The second-order valence-corrected chi connectivity index (χ2v) is 4.90. The molecule has 2 aromatic rings. The van der Waals surface area contributed by atoms with Crippen molar-refractivity contribution in [2.45, 2.75) is 13.5 Å². The highest BCUT2D eigenvalue weighted by Gasteiger charge is 2.08. The monoisotopic (exact) mass is 314 g/mol. The van der Waals surface area contributed by atoms with Crippen molar-refractivity contribution in [3.05, 3.63) is 65.2 Å². The number of carbonyl (C=O) groups is 2. The maximum absolute atomic E-state index is 11.7. The second kappa shape index (κ2) is 7.98. The summed E-state index contributed by atoms with van der Waals surface area (Å²) >= 11 is 0. The van der Waals surface area contributed by atoms with Crippen molar-refractivity contribution in [1.29, 1.82) is 0 Å². The van der Waals surface area contributed by atoms with Gasteiger partial charge in [0.05, 0.1) is 12.7 Å². The molecule has 2 rings (SSSR count). The number of ether oxygens (including phenoxy) is 3. The molecule has 0 saturated heterocycles. The van der Waals surface area contributed by atoms with Gasteiger partial charge in [0.15, 0.2) is 6.61 Å². The van der Waals surface area contributed by atoms with Gasteiger partial charge in [-0.3, -0.25) is 0 Å². The molecule has 0 atom stereocenters. The molecule has 23 heavy (non-hydrogen) atoms. The normalized spacial score (nSPS) is 10.0. The van der Waals surface area contributed by atoms with Gasteiger partial charge in [-0.05, 0) is 36.2 Å². The summed E-state index contributed by atoms with van der Waals surface area (Å²) in [7, 11) is 1.33. The van der Waals surface area contributed by atoms with Crippen molar-refractivity contribution in [1.82, 2.24) is 0 Å². The zero-order valence-electron chi connectivity index (χ0n) is 13.1. The number of aryl methyl sites for hydroxylation is 1. The van der Waals surface area contributed by atoms with Gasteiger partial charge >= 0.3 is 11.9 Å². The van der Waals surface area contributed by atoms with E-state index in [9.17, 15) is 9.59 Å². The average Bonchev–Trinajstić information content (AvgIpc) is 2.59. The molecule has 0 aromatic heterocycles. The van der Waals surface area contributed by atoms with Gasteiger partial charge in [-0.15, -0.1) is 0 Å². The lowest BCUT2D eigenvalue weighted by molar-refractivity contribution is -0.147. The smallest absolute Gasteiger partial charge is 0.344 e. The Bertz CT molecular complexity index is 676. The van der Waals surface area contributed by atoms with E-state index in [0.29, 0.717) is 11.3 Å². The van der Waals surface area contributed by atoms with Gasteiger partial charge in [-0.1, -0.05) is 30.3 Å². The summed E-state index contributed by atoms with van der Waals surface area (Å²) in [6, 6.07) is 14.1. The molecule has 5 nitrogen and oxygen atoms in total. The number of hydrogen-bond donors (Lipinski definition) is 0. The molecule has 0 unspecified atom stereocenters. The van der Waals surface area contributed by atoms with Gasteiger partial charge in [0, 0.05) is 0 Å². The van der Waals surface area contributed by atoms with Gasteiger partial charge in [0.25, 0.3) is 0 Å². The summed E-state index contributed by atoms with van der Waals surface area (Å²) < 4.78 is 15.2. The third-order valence-corrected chi connectivity index (χ3v) is 3.21. The lowest BCUT2D eigenvalue weighted by atomic mass is 10.1. The van der Waals surface area contributed by atoms with Crippen molar-refractivity contribution in [2.75, 3.05) is 13.7 Å². The Labute approximate surface area is 134 Å². The van der Waals surface area contributed by atoms with Crippen LogP contribution in [0.4, 0.5) is 0 Å². The van der Waals surface area contributed by atoms with Gasteiger partial charge in [0.1, 0.15) is 12.4 Å². The largest absolute Gasteiger partial charge is 0.482 e. The minimum Gasteiger partial charge on any atom is -0.482 e. The summed E-state index contributed by atoms with van der Waals surface area (Å²) in [6.45, 7) is 1.88. The summed E-state index contributed by atoms with van der Waals surface area (Å²) in [5, 5.41) is 0. The van der Waals surface area contributed by atoms with Gasteiger partial charge < -0.3 is 14.2 Å². The van der Waals surface area contributed by atoms with Crippen LogP contribution in [0.1, 0.15) is 21.5 Å². The van der Waals surface area contributed by atoms with E-state index >= 15 is 0 Å². The van der Waals surface area contributed by atoms with E-state index in [1.807, 2.05) is 25.1 Å². The summed E-state index contributed by atoms with van der Waals surface area (Å²) in [5.74, 6) is -0.197. The van der Waals surface area contributed by atoms with Crippen LogP contribution in [0.5, 0.6) is 5.75 Å². The van der Waals surface area contributed by atoms with Crippen LogP contribution in [0.15, 0.2) is 48.5 Å². The highest BCUT2D eigenvalue weighted by molar-refractivity contribution is 5.89. The number of para-hydroxylation sites is 1. The summed E-state index contributed by atoms with van der Waals surface area (Å²) in [6.07, 6.45) is 0. The highest BCUT2D eigenvalue weighted by Crippen LogP contribution is 2.16. The lowest BCUT2D eigenvalue weighted by Gasteiger charge is -2.09. The minimum absolute atomic E-state index is 0.122. The minimum atomic E-state index is -0.453.